The van der Waals surface area contributed by atoms with Crippen molar-refractivity contribution in [2.75, 3.05) is 33.4 Å². The number of methoxy groups -OCH3 is 1. The number of hydrogen-bond acceptors (Lipinski definition) is 3. The lowest BCUT2D eigenvalue weighted by Gasteiger charge is -2.30. The van der Waals surface area contributed by atoms with Crippen LogP contribution in [0.2, 0.25) is 0 Å². The average molecular weight is 525 g/mol. The Labute approximate surface area is 190 Å². The first kappa shape index (κ1) is 25.9. The Morgan fingerprint density at radius 2 is 2.00 bits per heavy atom. The van der Waals surface area contributed by atoms with Gasteiger partial charge < -0.3 is 20.1 Å². The van der Waals surface area contributed by atoms with E-state index in [-0.39, 0.29) is 29.4 Å². The molecule has 8 heteroatoms. The smallest absolute Gasteiger partial charge is 0.272 e. The third-order valence-electron chi connectivity index (χ3n) is 5.17. The van der Waals surface area contributed by atoms with Crippen molar-refractivity contribution in [3.8, 4) is 5.75 Å². The molecular weight excluding hydrogens is 491 g/mol. The van der Waals surface area contributed by atoms with Crippen molar-refractivity contribution in [2.24, 2.45) is 10.4 Å². The molecule has 0 heterocycles. The van der Waals surface area contributed by atoms with E-state index >= 15 is 0 Å². The van der Waals surface area contributed by atoms with Crippen LogP contribution in [0.25, 0.3) is 0 Å². The van der Waals surface area contributed by atoms with E-state index in [9.17, 15) is 8.78 Å². The summed E-state index contributed by atoms with van der Waals surface area (Å²) in [7, 11) is 1.75. The SMILES string of the molecule is CCNC(=NCc1cccc(OCC(F)F)c1)NCC1(CCOC)CCCC1.I. The van der Waals surface area contributed by atoms with Crippen LogP contribution < -0.4 is 15.4 Å². The predicted molar refractivity (Wildman–Crippen MR) is 124 cm³/mol. The van der Waals surface area contributed by atoms with Gasteiger partial charge in [0.25, 0.3) is 6.43 Å². The Balaban J connectivity index is 0.00000420. The lowest BCUT2D eigenvalue weighted by atomic mass is 9.83. The minimum Gasteiger partial charge on any atom is -0.488 e. The number of benzene rings is 1. The van der Waals surface area contributed by atoms with E-state index in [2.05, 4.69) is 15.6 Å². The van der Waals surface area contributed by atoms with Gasteiger partial charge >= 0.3 is 0 Å². The second-order valence-electron chi connectivity index (χ2n) is 7.35. The summed E-state index contributed by atoms with van der Waals surface area (Å²) in [5.74, 6) is 1.21. The highest BCUT2D eigenvalue weighted by Crippen LogP contribution is 2.40. The van der Waals surface area contributed by atoms with Crippen molar-refractivity contribution in [1.29, 1.82) is 0 Å². The second kappa shape index (κ2) is 14.0. The van der Waals surface area contributed by atoms with Crippen LogP contribution in [0.5, 0.6) is 5.75 Å². The molecule has 1 aromatic rings. The fraction of sp³-hybridized carbons (Fsp3) is 0.667. The van der Waals surface area contributed by atoms with Gasteiger partial charge in [0.1, 0.15) is 12.4 Å². The van der Waals surface area contributed by atoms with Crippen LogP contribution in [0.3, 0.4) is 0 Å². The molecule has 1 fully saturated rings. The molecule has 1 aromatic carbocycles. The van der Waals surface area contributed by atoms with Gasteiger partial charge in [0.15, 0.2) is 5.96 Å². The summed E-state index contributed by atoms with van der Waals surface area (Å²) in [6.45, 7) is 4.31. The van der Waals surface area contributed by atoms with E-state index in [1.165, 1.54) is 25.7 Å². The van der Waals surface area contributed by atoms with Gasteiger partial charge in [0.05, 0.1) is 6.54 Å². The monoisotopic (exact) mass is 525 g/mol. The van der Waals surface area contributed by atoms with Crippen molar-refractivity contribution in [3.63, 3.8) is 0 Å². The van der Waals surface area contributed by atoms with Gasteiger partial charge in [-0.2, -0.15) is 0 Å². The van der Waals surface area contributed by atoms with Crippen molar-refractivity contribution in [2.45, 2.75) is 52.0 Å². The second-order valence-corrected chi connectivity index (χ2v) is 7.35. The molecule has 0 atom stereocenters. The molecule has 0 bridgehead atoms. The van der Waals surface area contributed by atoms with E-state index in [0.29, 0.717) is 12.3 Å². The topological polar surface area (TPSA) is 54.9 Å². The molecule has 0 unspecified atom stereocenters. The summed E-state index contributed by atoms with van der Waals surface area (Å²) in [5.41, 5.74) is 1.19. The highest BCUT2D eigenvalue weighted by Gasteiger charge is 2.33. The highest BCUT2D eigenvalue weighted by atomic mass is 127. The maximum atomic E-state index is 12.3. The number of halogens is 3. The highest BCUT2D eigenvalue weighted by molar-refractivity contribution is 14.0. The summed E-state index contributed by atoms with van der Waals surface area (Å²) in [6, 6.07) is 7.15. The van der Waals surface area contributed by atoms with Gasteiger partial charge in [-0.1, -0.05) is 25.0 Å². The number of nitrogens with zero attached hydrogens (tertiary/aromatic N) is 1. The molecule has 1 aliphatic carbocycles. The van der Waals surface area contributed by atoms with E-state index < -0.39 is 13.0 Å². The van der Waals surface area contributed by atoms with Crippen molar-refractivity contribution >= 4 is 29.9 Å². The normalized spacial score (nSPS) is 15.8. The minimum absolute atomic E-state index is 0. The fourth-order valence-corrected chi connectivity index (χ4v) is 3.63. The minimum atomic E-state index is -2.48. The third kappa shape index (κ3) is 9.46. The molecule has 0 amide bonds. The number of alkyl halides is 2. The van der Waals surface area contributed by atoms with Crippen LogP contribution in [0.4, 0.5) is 8.78 Å². The van der Waals surface area contributed by atoms with Crippen LogP contribution in [0.15, 0.2) is 29.3 Å². The lowest BCUT2D eigenvalue weighted by Crippen LogP contribution is -2.43. The number of nitrogens with one attached hydrogen (secondary N) is 2. The number of hydrogen-bond donors (Lipinski definition) is 2. The molecule has 0 radical (unpaired) electrons. The first-order valence-corrected chi connectivity index (χ1v) is 10.1. The molecule has 29 heavy (non-hydrogen) atoms. The van der Waals surface area contributed by atoms with Gasteiger partial charge in [-0.15, -0.1) is 24.0 Å². The summed E-state index contributed by atoms with van der Waals surface area (Å²) >= 11 is 0. The molecule has 166 valence electrons. The molecule has 0 spiro atoms. The Hall–Kier alpha value is -1.16. The lowest BCUT2D eigenvalue weighted by molar-refractivity contribution is 0.0818. The van der Waals surface area contributed by atoms with Crippen LogP contribution >= 0.6 is 24.0 Å². The van der Waals surface area contributed by atoms with Crippen LogP contribution in [-0.4, -0.2) is 45.8 Å². The Morgan fingerprint density at radius 3 is 2.66 bits per heavy atom. The van der Waals surface area contributed by atoms with Crippen molar-refractivity contribution in [3.05, 3.63) is 29.8 Å². The van der Waals surface area contributed by atoms with E-state index in [4.69, 9.17) is 9.47 Å². The number of rotatable bonds is 11. The summed E-state index contributed by atoms with van der Waals surface area (Å²) < 4.78 is 35.0. The quantitative estimate of drug-likeness (QED) is 0.252. The molecule has 0 aromatic heterocycles. The van der Waals surface area contributed by atoms with Crippen LogP contribution in [0.1, 0.15) is 44.6 Å². The van der Waals surface area contributed by atoms with Gasteiger partial charge in [0.2, 0.25) is 0 Å². The van der Waals surface area contributed by atoms with E-state index in [1.54, 1.807) is 25.3 Å². The number of ether oxygens (including phenoxy) is 2. The number of aliphatic imine (C=N–C) groups is 1. The van der Waals surface area contributed by atoms with Crippen LogP contribution in [-0.2, 0) is 11.3 Å². The number of guanidine groups is 1. The maximum Gasteiger partial charge on any atom is 0.272 e. The molecule has 1 saturated carbocycles. The third-order valence-corrected chi connectivity index (χ3v) is 5.17. The van der Waals surface area contributed by atoms with Gasteiger partial charge in [-0.25, -0.2) is 13.8 Å². The Bertz CT molecular complexity index is 611. The molecule has 5 nitrogen and oxygen atoms in total. The Kier molecular flexibility index (Phi) is 12.4. The summed E-state index contributed by atoms with van der Waals surface area (Å²) in [6.07, 6.45) is 3.54. The zero-order valence-corrected chi connectivity index (χ0v) is 19.7. The van der Waals surface area contributed by atoms with Gasteiger partial charge in [0, 0.05) is 26.8 Å². The molecular formula is C21H34F2IN3O2. The van der Waals surface area contributed by atoms with E-state index in [0.717, 1.165) is 37.6 Å². The largest absolute Gasteiger partial charge is 0.488 e. The van der Waals surface area contributed by atoms with Gasteiger partial charge in [-0.3, -0.25) is 0 Å². The average Bonchev–Trinajstić information content (AvgIpc) is 3.16. The van der Waals surface area contributed by atoms with Crippen LogP contribution in [0, 0.1) is 5.41 Å². The summed E-state index contributed by atoms with van der Waals surface area (Å²) in [4.78, 5) is 4.65. The Morgan fingerprint density at radius 1 is 1.24 bits per heavy atom. The van der Waals surface area contributed by atoms with E-state index in [1.807, 2.05) is 13.0 Å². The van der Waals surface area contributed by atoms with Gasteiger partial charge in [-0.05, 0) is 49.3 Å². The van der Waals surface area contributed by atoms with Crippen molar-refractivity contribution < 1.29 is 18.3 Å². The maximum absolute atomic E-state index is 12.3. The molecule has 1 aliphatic rings. The fourth-order valence-electron chi connectivity index (χ4n) is 3.63. The zero-order chi connectivity index (χ0) is 20.2. The molecule has 0 saturated heterocycles. The first-order chi connectivity index (χ1) is 13.6. The first-order valence-electron chi connectivity index (χ1n) is 10.1. The molecule has 0 aliphatic heterocycles. The molecule has 2 rings (SSSR count). The van der Waals surface area contributed by atoms with Crippen molar-refractivity contribution in [1.82, 2.24) is 10.6 Å². The summed E-state index contributed by atoms with van der Waals surface area (Å²) in [5, 5.41) is 6.77. The molecule has 2 N–H and O–H groups in total. The zero-order valence-electron chi connectivity index (χ0n) is 17.4. The predicted octanol–water partition coefficient (Wildman–Crippen LogP) is 4.60. The standard InChI is InChI=1S/C21H33F2N3O2.HI/c1-3-24-20(26-16-21(11-12-27-2)9-4-5-10-21)25-14-17-7-6-8-18(13-17)28-15-19(22)23;/h6-8,13,19H,3-5,9-12,14-16H2,1-2H3,(H2,24,25,26);1H.